The molecule has 0 aliphatic carbocycles. The van der Waals surface area contributed by atoms with Crippen LogP contribution in [0.15, 0.2) is 42.5 Å². The van der Waals surface area contributed by atoms with Crippen LogP contribution in [0.1, 0.15) is 35.7 Å². The third-order valence-corrected chi connectivity index (χ3v) is 3.69. The van der Waals surface area contributed by atoms with Crippen LogP contribution in [-0.4, -0.2) is 16.6 Å². The Balaban J connectivity index is 1.93. The van der Waals surface area contributed by atoms with E-state index >= 15 is 0 Å². The Bertz CT molecular complexity index is 803. The van der Waals surface area contributed by atoms with Gasteiger partial charge in [0, 0.05) is 30.2 Å². The number of amides is 1. The molecule has 0 aromatic heterocycles. The third kappa shape index (κ3) is 4.94. The normalized spacial score (nSPS) is 10.3. The van der Waals surface area contributed by atoms with Crippen molar-refractivity contribution < 1.29 is 18.9 Å². The number of nitro groups is 1. The standard InChI is InChI=1S/C18H17FN2O4/c1-2-12-3-5-13(6-4-12)17(22)9-10-18(23)20-14-7-8-15(19)16(11-14)21(24)25/h3-8,11H,2,9-10H2,1H3,(H,20,23). The van der Waals surface area contributed by atoms with Gasteiger partial charge in [0.15, 0.2) is 5.78 Å². The fourth-order valence-corrected chi connectivity index (χ4v) is 2.25. The number of ketones is 1. The zero-order valence-corrected chi connectivity index (χ0v) is 13.6. The van der Waals surface area contributed by atoms with Crippen LogP contribution in [0.4, 0.5) is 15.8 Å². The topological polar surface area (TPSA) is 89.3 Å². The molecule has 0 heterocycles. The van der Waals surface area contributed by atoms with Crippen LogP contribution in [0.5, 0.6) is 0 Å². The Labute approximate surface area is 143 Å². The second kappa shape index (κ2) is 8.14. The van der Waals surface area contributed by atoms with E-state index < -0.39 is 22.3 Å². The molecule has 0 radical (unpaired) electrons. The third-order valence-electron chi connectivity index (χ3n) is 3.69. The molecule has 0 saturated heterocycles. The molecule has 2 rings (SSSR count). The predicted molar refractivity (Wildman–Crippen MR) is 91.1 cm³/mol. The van der Waals surface area contributed by atoms with Gasteiger partial charge in [-0.2, -0.15) is 4.39 Å². The number of Topliss-reactive ketones (excluding diaryl/α,β-unsaturated/α-hetero) is 1. The van der Waals surface area contributed by atoms with Crippen molar-refractivity contribution in [3.8, 4) is 0 Å². The minimum atomic E-state index is -0.978. The number of carbonyl (C=O) groups excluding carboxylic acids is 2. The van der Waals surface area contributed by atoms with Crippen molar-refractivity contribution in [2.24, 2.45) is 0 Å². The molecular weight excluding hydrogens is 327 g/mol. The molecule has 7 heteroatoms. The van der Waals surface area contributed by atoms with Gasteiger partial charge in [0.05, 0.1) is 4.92 Å². The number of rotatable bonds is 7. The van der Waals surface area contributed by atoms with Gasteiger partial charge in [0.1, 0.15) is 0 Å². The fraction of sp³-hybridized carbons (Fsp3) is 0.222. The van der Waals surface area contributed by atoms with Crippen LogP contribution >= 0.6 is 0 Å². The van der Waals surface area contributed by atoms with E-state index in [-0.39, 0.29) is 24.3 Å². The van der Waals surface area contributed by atoms with Crippen LogP contribution in [0.3, 0.4) is 0 Å². The predicted octanol–water partition coefficient (Wildman–Crippen LogP) is 3.90. The highest BCUT2D eigenvalue weighted by Crippen LogP contribution is 2.21. The van der Waals surface area contributed by atoms with Crippen molar-refractivity contribution in [1.29, 1.82) is 0 Å². The maximum absolute atomic E-state index is 13.3. The minimum Gasteiger partial charge on any atom is -0.326 e. The summed E-state index contributed by atoms with van der Waals surface area (Å²) in [5.74, 6) is -1.61. The van der Waals surface area contributed by atoms with Gasteiger partial charge in [-0.15, -0.1) is 0 Å². The molecule has 0 aliphatic rings. The van der Waals surface area contributed by atoms with Crippen molar-refractivity contribution in [2.75, 3.05) is 5.32 Å². The number of halogens is 1. The van der Waals surface area contributed by atoms with Crippen LogP contribution in [-0.2, 0) is 11.2 Å². The molecule has 0 spiro atoms. The number of carbonyl (C=O) groups is 2. The molecule has 2 aromatic carbocycles. The maximum Gasteiger partial charge on any atom is 0.306 e. The summed E-state index contributed by atoms with van der Waals surface area (Å²) in [6.07, 6.45) is 0.820. The number of aryl methyl sites for hydroxylation is 1. The molecule has 2 aromatic rings. The van der Waals surface area contributed by atoms with E-state index in [4.69, 9.17) is 0 Å². The van der Waals surface area contributed by atoms with Crippen molar-refractivity contribution >= 4 is 23.1 Å². The number of nitro benzene ring substituents is 1. The van der Waals surface area contributed by atoms with Crippen LogP contribution in [0, 0.1) is 15.9 Å². The molecule has 0 atom stereocenters. The van der Waals surface area contributed by atoms with Gasteiger partial charge in [-0.3, -0.25) is 19.7 Å². The maximum atomic E-state index is 13.3. The Morgan fingerprint density at radius 2 is 1.80 bits per heavy atom. The Morgan fingerprint density at radius 1 is 1.12 bits per heavy atom. The molecule has 1 N–H and O–H groups in total. The largest absolute Gasteiger partial charge is 0.326 e. The first-order valence-electron chi connectivity index (χ1n) is 7.76. The van der Waals surface area contributed by atoms with Crippen molar-refractivity contribution in [1.82, 2.24) is 0 Å². The summed E-state index contributed by atoms with van der Waals surface area (Å²) in [7, 11) is 0. The summed E-state index contributed by atoms with van der Waals surface area (Å²) in [5, 5.41) is 13.1. The second-order valence-electron chi connectivity index (χ2n) is 5.45. The van der Waals surface area contributed by atoms with E-state index in [0.29, 0.717) is 5.56 Å². The van der Waals surface area contributed by atoms with Crippen molar-refractivity contribution in [3.05, 3.63) is 69.5 Å². The van der Waals surface area contributed by atoms with E-state index in [9.17, 15) is 24.1 Å². The Morgan fingerprint density at radius 3 is 2.40 bits per heavy atom. The lowest BCUT2D eigenvalue weighted by atomic mass is 10.0. The average molecular weight is 344 g/mol. The number of benzene rings is 2. The van der Waals surface area contributed by atoms with Gasteiger partial charge in [0.2, 0.25) is 11.7 Å². The molecule has 0 fully saturated rings. The highest BCUT2D eigenvalue weighted by Gasteiger charge is 2.16. The van der Waals surface area contributed by atoms with E-state index in [1.54, 1.807) is 12.1 Å². The summed E-state index contributed by atoms with van der Waals surface area (Å²) < 4.78 is 13.3. The van der Waals surface area contributed by atoms with Crippen LogP contribution in [0.2, 0.25) is 0 Å². The van der Waals surface area contributed by atoms with Crippen LogP contribution < -0.4 is 5.32 Å². The SMILES string of the molecule is CCc1ccc(C(=O)CCC(=O)Nc2ccc(F)c([N+](=O)[O-])c2)cc1. The van der Waals surface area contributed by atoms with Crippen molar-refractivity contribution in [3.63, 3.8) is 0 Å². The first-order valence-corrected chi connectivity index (χ1v) is 7.76. The smallest absolute Gasteiger partial charge is 0.306 e. The highest BCUT2D eigenvalue weighted by atomic mass is 19.1. The average Bonchev–Trinajstić information content (AvgIpc) is 2.61. The number of hydrogen-bond acceptors (Lipinski definition) is 4. The Hall–Kier alpha value is -3.09. The molecular formula is C18H17FN2O4. The number of anilines is 1. The number of nitrogens with zero attached hydrogens (tertiary/aromatic N) is 1. The number of hydrogen-bond donors (Lipinski definition) is 1. The molecule has 0 saturated carbocycles. The molecule has 6 nitrogen and oxygen atoms in total. The van der Waals surface area contributed by atoms with Gasteiger partial charge in [-0.25, -0.2) is 0 Å². The Kier molecular flexibility index (Phi) is 5.94. The summed E-state index contributed by atoms with van der Waals surface area (Å²) in [6, 6.07) is 10.3. The second-order valence-corrected chi connectivity index (χ2v) is 5.45. The molecule has 130 valence electrons. The van der Waals surface area contributed by atoms with E-state index in [1.807, 2.05) is 19.1 Å². The van der Waals surface area contributed by atoms with E-state index in [2.05, 4.69) is 5.32 Å². The lowest BCUT2D eigenvalue weighted by Gasteiger charge is -2.06. The summed E-state index contributed by atoms with van der Waals surface area (Å²) in [6.45, 7) is 2.01. The summed E-state index contributed by atoms with van der Waals surface area (Å²) in [5.41, 5.74) is 1.04. The van der Waals surface area contributed by atoms with Crippen molar-refractivity contribution in [2.45, 2.75) is 26.2 Å². The first-order chi connectivity index (χ1) is 11.9. The zero-order chi connectivity index (χ0) is 18.4. The summed E-state index contributed by atoms with van der Waals surface area (Å²) in [4.78, 5) is 33.8. The van der Waals surface area contributed by atoms with E-state index in [0.717, 1.165) is 24.1 Å². The lowest BCUT2D eigenvalue weighted by molar-refractivity contribution is -0.387. The summed E-state index contributed by atoms with van der Waals surface area (Å²) >= 11 is 0. The highest BCUT2D eigenvalue weighted by molar-refractivity contribution is 6.00. The molecule has 0 unspecified atom stereocenters. The molecule has 1 amide bonds. The monoisotopic (exact) mass is 344 g/mol. The first kappa shape index (κ1) is 18.3. The quantitative estimate of drug-likeness (QED) is 0.469. The van der Waals surface area contributed by atoms with Gasteiger partial charge >= 0.3 is 5.69 Å². The number of nitrogens with one attached hydrogen (secondary N) is 1. The molecule has 0 aliphatic heterocycles. The van der Waals surface area contributed by atoms with Gasteiger partial charge < -0.3 is 5.32 Å². The molecule has 0 bridgehead atoms. The van der Waals surface area contributed by atoms with E-state index in [1.165, 1.54) is 6.07 Å². The minimum absolute atomic E-state index is 0.0145. The fourth-order valence-electron chi connectivity index (χ4n) is 2.25. The van der Waals surface area contributed by atoms with Gasteiger partial charge in [0.25, 0.3) is 0 Å². The van der Waals surface area contributed by atoms with Gasteiger partial charge in [-0.1, -0.05) is 31.2 Å². The molecule has 25 heavy (non-hydrogen) atoms. The zero-order valence-electron chi connectivity index (χ0n) is 13.6. The van der Waals surface area contributed by atoms with Crippen LogP contribution in [0.25, 0.3) is 0 Å². The lowest BCUT2D eigenvalue weighted by Crippen LogP contribution is -2.13. The van der Waals surface area contributed by atoms with Gasteiger partial charge in [-0.05, 0) is 24.1 Å².